The van der Waals surface area contributed by atoms with E-state index in [1.807, 2.05) is 6.07 Å². The number of halogens is 1. The number of hydrogen-bond acceptors (Lipinski definition) is 4. The molecule has 0 aliphatic rings. The van der Waals surface area contributed by atoms with Crippen LogP contribution in [0.3, 0.4) is 0 Å². The van der Waals surface area contributed by atoms with Crippen molar-refractivity contribution in [3.05, 3.63) is 58.6 Å². The third kappa shape index (κ3) is 2.55. The van der Waals surface area contributed by atoms with E-state index < -0.39 is 0 Å². The minimum atomic E-state index is -0.330. The molecule has 4 nitrogen and oxygen atoms in total. The molecule has 1 N–H and O–H groups in total. The molecular formula is C14H13FN4S. The van der Waals surface area contributed by atoms with Crippen LogP contribution in [0.5, 0.6) is 0 Å². The topological polar surface area (TPSA) is 42.7 Å². The summed E-state index contributed by atoms with van der Waals surface area (Å²) in [7, 11) is 0. The van der Waals surface area contributed by atoms with Gasteiger partial charge in [-0.15, -0.1) is 11.3 Å². The lowest BCUT2D eigenvalue weighted by Gasteiger charge is -2.08. The zero-order valence-electron chi connectivity index (χ0n) is 10.9. The Morgan fingerprint density at radius 3 is 2.90 bits per heavy atom. The first-order valence-corrected chi connectivity index (χ1v) is 7.03. The van der Waals surface area contributed by atoms with Gasteiger partial charge < -0.3 is 5.32 Å². The van der Waals surface area contributed by atoms with Gasteiger partial charge in [0.1, 0.15) is 18.3 Å². The number of benzene rings is 1. The Bertz CT molecular complexity index is 706. The van der Waals surface area contributed by atoms with Crippen LogP contribution in [0.15, 0.2) is 42.3 Å². The SMILES string of the molecule is Cc1ccsc1CNc1ccc(-n2cncn2)c(F)c1. The van der Waals surface area contributed by atoms with Crippen LogP contribution in [0.2, 0.25) is 0 Å². The summed E-state index contributed by atoms with van der Waals surface area (Å²) in [4.78, 5) is 5.07. The van der Waals surface area contributed by atoms with Crippen LogP contribution < -0.4 is 5.32 Å². The average molecular weight is 288 g/mol. The van der Waals surface area contributed by atoms with Crippen molar-refractivity contribution in [3.63, 3.8) is 0 Å². The molecule has 0 fully saturated rings. The van der Waals surface area contributed by atoms with E-state index in [9.17, 15) is 4.39 Å². The Balaban J connectivity index is 1.76. The molecule has 20 heavy (non-hydrogen) atoms. The maximum absolute atomic E-state index is 14.0. The largest absolute Gasteiger partial charge is 0.380 e. The Hall–Kier alpha value is -2.21. The molecule has 0 radical (unpaired) electrons. The second-order valence-corrected chi connectivity index (χ2v) is 5.39. The van der Waals surface area contributed by atoms with Crippen molar-refractivity contribution in [2.45, 2.75) is 13.5 Å². The van der Waals surface area contributed by atoms with Gasteiger partial charge in [-0.1, -0.05) is 0 Å². The van der Waals surface area contributed by atoms with Gasteiger partial charge in [0.2, 0.25) is 0 Å². The molecule has 0 aliphatic carbocycles. The van der Waals surface area contributed by atoms with Crippen LogP contribution in [-0.4, -0.2) is 14.8 Å². The van der Waals surface area contributed by atoms with Crippen molar-refractivity contribution in [3.8, 4) is 5.69 Å². The summed E-state index contributed by atoms with van der Waals surface area (Å²) in [6, 6.07) is 7.08. The molecule has 3 rings (SSSR count). The third-order valence-corrected chi connectivity index (χ3v) is 4.06. The molecule has 2 heterocycles. The fraction of sp³-hybridized carbons (Fsp3) is 0.143. The van der Waals surface area contributed by atoms with Gasteiger partial charge >= 0.3 is 0 Å². The standard InChI is InChI=1S/C14H13FN4S/c1-10-4-5-20-14(10)7-17-11-2-3-13(12(15)6-11)19-9-16-8-18-19/h2-6,8-9,17H,7H2,1H3. The molecule has 3 aromatic rings. The highest BCUT2D eigenvalue weighted by atomic mass is 32.1. The van der Waals surface area contributed by atoms with Crippen LogP contribution in [0.25, 0.3) is 5.69 Å². The molecule has 6 heteroatoms. The highest BCUT2D eigenvalue weighted by molar-refractivity contribution is 7.10. The number of rotatable bonds is 4. The minimum absolute atomic E-state index is 0.330. The first-order valence-electron chi connectivity index (χ1n) is 6.15. The molecule has 2 aromatic heterocycles. The van der Waals surface area contributed by atoms with E-state index in [-0.39, 0.29) is 5.82 Å². The van der Waals surface area contributed by atoms with E-state index in [2.05, 4.69) is 33.8 Å². The molecule has 102 valence electrons. The molecule has 0 atom stereocenters. The Morgan fingerprint density at radius 1 is 1.35 bits per heavy atom. The van der Waals surface area contributed by atoms with E-state index in [0.29, 0.717) is 12.2 Å². The van der Waals surface area contributed by atoms with E-state index in [4.69, 9.17) is 0 Å². The van der Waals surface area contributed by atoms with Crippen molar-refractivity contribution >= 4 is 17.0 Å². The van der Waals surface area contributed by atoms with E-state index in [1.54, 1.807) is 17.4 Å². The molecule has 0 aliphatic heterocycles. The normalized spacial score (nSPS) is 10.7. The summed E-state index contributed by atoms with van der Waals surface area (Å²) < 4.78 is 15.4. The predicted molar refractivity (Wildman–Crippen MR) is 77.7 cm³/mol. The fourth-order valence-electron chi connectivity index (χ4n) is 1.90. The fourth-order valence-corrected chi connectivity index (χ4v) is 2.75. The molecule has 0 spiro atoms. The highest BCUT2D eigenvalue weighted by Crippen LogP contribution is 2.20. The minimum Gasteiger partial charge on any atom is -0.380 e. The van der Waals surface area contributed by atoms with Gasteiger partial charge in [0, 0.05) is 17.1 Å². The van der Waals surface area contributed by atoms with Gasteiger partial charge in [0.25, 0.3) is 0 Å². The van der Waals surface area contributed by atoms with Crippen molar-refractivity contribution in [2.75, 3.05) is 5.32 Å². The molecule has 0 unspecified atom stereocenters. The van der Waals surface area contributed by atoms with Crippen molar-refractivity contribution < 1.29 is 4.39 Å². The van der Waals surface area contributed by atoms with Gasteiger partial charge in [0.05, 0.1) is 0 Å². The molecular weight excluding hydrogens is 275 g/mol. The smallest absolute Gasteiger partial charge is 0.150 e. The lowest BCUT2D eigenvalue weighted by molar-refractivity contribution is 0.611. The number of thiophene rings is 1. The summed E-state index contributed by atoms with van der Waals surface area (Å²) in [6.45, 7) is 2.77. The number of anilines is 1. The van der Waals surface area contributed by atoms with Gasteiger partial charge in [-0.3, -0.25) is 0 Å². The first kappa shape index (κ1) is 12.8. The van der Waals surface area contributed by atoms with Crippen LogP contribution in [0.4, 0.5) is 10.1 Å². The quantitative estimate of drug-likeness (QED) is 0.800. The van der Waals surface area contributed by atoms with E-state index >= 15 is 0 Å². The average Bonchev–Trinajstić information content (AvgIpc) is 3.08. The highest BCUT2D eigenvalue weighted by Gasteiger charge is 2.07. The number of nitrogens with one attached hydrogen (secondary N) is 1. The number of aromatic nitrogens is 3. The maximum atomic E-state index is 14.0. The molecule has 1 aromatic carbocycles. The van der Waals surface area contributed by atoms with E-state index in [1.165, 1.54) is 33.8 Å². The maximum Gasteiger partial charge on any atom is 0.150 e. The summed E-state index contributed by atoms with van der Waals surface area (Å²) >= 11 is 1.70. The van der Waals surface area contributed by atoms with Gasteiger partial charge in [0.15, 0.2) is 5.82 Å². The number of hydrogen-bond donors (Lipinski definition) is 1. The second kappa shape index (κ2) is 5.42. The Labute approximate surface area is 119 Å². The first-order chi connectivity index (χ1) is 9.74. The summed E-state index contributed by atoms with van der Waals surface area (Å²) in [5.41, 5.74) is 2.39. The van der Waals surface area contributed by atoms with Gasteiger partial charge in [-0.2, -0.15) is 5.10 Å². The second-order valence-electron chi connectivity index (χ2n) is 4.39. The molecule has 0 bridgehead atoms. The molecule has 0 saturated carbocycles. The monoisotopic (exact) mass is 288 g/mol. The third-order valence-electron chi connectivity index (χ3n) is 3.03. The zero-order valence-corrected chi connectivity index (χ0v) is 11.7. The number of aryl methyl sites for hydroxylation is 1. The summed E-state index contributed by atoms with van der Waals surface area (Å²) in [5.74, 6) is -0.330. The Morgan fingerprint density at radius 2 is 2.25 bits per heavy atom. The lowest BCUT2D eigenvalue weighted by Crippen LogP contribution is -2.02. The number of nitrogens with zero attached hydrogens (tertiary/aromatic N) is 3. The van der Waals surface area contributed by atoms with Gasteiger partial charge in [-0.05, 0) is 42.1 Å². The molecule has 0 amide bonds. The summed E-state index contributed by atoms with van der Waals surface area (Å²) in [5, 5.41) is 9.20. The van der Waals surface area contributed by atoms with Gasteiger partial charge in [-0.25, -0.2) is 14.1 Å². The lowest BCUT2D eigenvalue weighted by atomic mass is 10.2. The van der Waals surface area contributed by atoms with E-state index in [0.717, 1.165) is 5.69 Å². The van der Waals surface area contributed by atoms with Crippen LogP contribution >= 0.6 is 11.3 Å². The summed E-state index contributed by atoms with van der Waals surface area (Å²) in [6.07, 6.45) is 2.85. The van der Waals surface area contributed by atoms with Crippen molar-refractivity contribution in [2.24, 2.45) is 0 Å². The molecule has 0 saturated heterocycles. The Kier molecular flexibility index (Phi) is 3.47. The van der Waals surface area contributed by atoms with Crippen LogP contribution in [0.1, 0.15) is 10.4 Å². The van der Waals surface area contributed by atoms with Crippen LogP contribution in [0, 0.1) is 12.7 Å². The van der Waals surface area contributed by atoms with Crippen LogP contribution in [-0.2, 0) is 6.54 Å². The zero-order chi connectivity index (χ0) is 13.9. The van der Waals surface area contributed by atoms with Crippen molar-refractivity contribution in [1.29, 1.82) is 0 Å². The predicted octanol–water partition coefficient (Wildman–Crippen LogP) is 3.39. The van der Waals surface area contributed by atoms with Crippen molar-refractivity contribution in [1.82, 2.24) is 14.8 Å².